The van der Waals surface area contributed by atoms with E-state index in [2.05, 4.69) is 5.32 Å². The normalized spacial score (nSPS) is 19.4. The van der Waals surface area contributed by atoms with E-state index in [1.807, 2.05) is 30.3 Å². The second kappa shape index (κ2) is 8.51. The molecule has 7 heteroatoms. The molecule has 0 unspecified atom stereocenters. The van der Waals surface area contributed by atoms with Crippen LogP contribution in [0.4, 0.5) is 18.9 Å². The fourth-order valence-corrected chi connectivity index (χ4v) is 3.41. The Kier molecular flexibility index (Phi) is 6.06. The van der Waals surface area contributed by atoms with Gasteiger partial charge in [0, 0.05) is 23.4 Å². The number of carbonyl (C=O) groups excluding carboxylic acids is 2. The summed E-state index contributed by atoms with van der Waals surface area (Å²) in [5, 5.41) is 3.00. The molecule has 0 heterocycles. The van der Waals surface area contributed by atoms with Crippen LogP contribution in [0.5, 0.6) is 0 Å². The Morgan fingerprint density at radius 1 is 1.10 bits per heavy atom. The van der Waals surface area contributed by atoms with E-state index in [-0.39, 0.29) is 6.61 Å². The molecule has 0 saturated heterocycles. The average molecular weight is 403 g/mol. The maximum atomic E-state index is 12.7. The molecule has 0 saturated carbocycles. The van der Waals surface area contributed by atoms with Crippen LogP contribution in [0, 0.1) is 5.92 Å². The van der Waals surface area contributed by atoms with Gasteiger partial charge in [0.25, 0.3) is 0 Å². The van der Waals surface area contributed by atoms with Crippen molar-refractivity contribution < 1.29 is 27.5 Å². The molecule has 1 N–H and O–H groups in total. The second-order valence-electron chi connectivity index (χ2n) is 6.72. The molecular formula is C22H20F3NO3. The van der Waals surface area contributed by atoms with E-state index in [9.17, 15) is 22.8 Å². The minimum absolute atomic E-state index is 0.171. The third kappa shape index (κ3) is 4.85. The molecule has 0 fully saturated rings. The summed E-state index contributed by atoms with van der Waals surface area (Å²) in [5.41, 5.74) is 1.03. The molecule has 2 atom stereocenters. The van der Waals surface area contributed by atoms with Gasteiger partial charge in [0.2, 0.25) is 0 Å². The molecule has 152 valence electrons. The molecule has 4 nitrogen and oxygen atoms in total. The minimum atomic E-state index is -4.41. The van der Waals surface area contributed by atoms with E-state index >= 15 is 0 Å². The summed E-state index contributed by atoms with van der Waals surface area (Å²) in [6.45, 7) is 1.85. The molecule has 0 aliphatic heterocycles. The Labute approximate surface area is 166 Å². The van der Waals surface area contributed by atoms with Crippen LogP contribution < -0.4 is 5.32 Å². The van der Waals surface area contributed by atoms with Gasteiger partial charge in [-0.3, -0.25) is 9.59 Å². The van der Waals surface area contributed by atoms with Gasteiger partial charge in [0.1, 0.15) is 5.92 Å². The lowest BCUT2D eigenvalue weighted by molar-refractivity contribution is -0.151. The molecule has 0 aromatic heterocycles. The lowest BCUT2D eigenvalue weighted by Crippen LogP contribution is -2.35. The standard InChI is InChI=1S/C22H20F3NO3/c1-2-29-21(28)20-18(14-6-4-3-5-7-14)12-17(13-19(20)27)26-16-10-8-15(9-11-16)22(23,24)25/h3-11,13,18,20,26H,2,12H2,1H3/t18-,20-/m1/s1. The van der Waals surface area contributed by atoms with Crippen molar-refractivity contribution in [1.29, 1.82) is 0 Å². The van der Waals surface area contributed by atoms with Crippen molar-refractivity contribution in [1.82, 2.24) is 0 Å². The third-order valence-electron chi connectivity index (χ3n) is 4.75. The fraction of sp³-hybridized carbons (Fsp3) is 0.273. The largest absolute Gasteiger partial charge is 0.465 e. The number of alkyl halides is 3. The average Bonchev–Trinajstić information content (AvgIpc) is 2.68. The highest BCUT2D eigenvalue weighted by Gasteiger charge is 2.39. The summed E-state index contributed by atoms with van der Waals surface area (Å²) in [7, 11) is 0. The summed E-state index contributed by atoms with van der Waals surface area (Å²) < 4.78 is 43.3. The van der Waals surface area contributed by atoms with Gasteiger partial charge in [-0.15, -0.1) is 0 Å². The van der Waals surface area contributed by atoms with Gasteiger partial charge in [-0.2, -0.15) is 13.2 Å². The number of carbonyl (C=O) groups is 2. The van der Waals surface area contributed by atoms with Crippen LogP contribution in [-0.2, 0) is 20.5 Å². The van der Waals surface area contributed by atoms with Gasteiger partial charge in [0.05, 0.1) is 12.2 Å². The number of halogens is 3. The third-order valence-corrected chi connectivity index (χ3v) is 4.75. The molecule has 0 radical (unpaired) electrons. The lowest BCUT2D eigenvalue weighted by Gasteiger charge is -2.29. The van der Waals surface area contributed by atoms with Gasteiger partial charge in [-0.1, -0.05) is 30.3 Å². The molecule has 3 rings (SSSR count). The molecule has 0 spiro atoms. The van der Waals surface area contributed by atoms with E-state index < -0.39 is 35.3 Å². The van der Waals surface area contributed by atoms with E-state index in [4.69, 9.17) is 4.74 Å². The van der Waals surface area contributed by atoms with E-state index in [1.165, 1.54) is 18.2 Å². The van der Waals surface area contributed by atoms with Crippen LogP contribution in [0.3, 0.4) is 0 Å². The zero-order valence-electron chi connectivity index (χ0n) is 15.7. The Balaban J connectivity index is 1.86. The highest BCUT2D eigenvalue weighted by molar-refractivity contribution is 6.07. The Bertz CT molecular complexity index is 905. The fourth-order valence-electron chi connectivity index (χ4n) is 3.41. The van der Waals surface area contributed by atoms with Crippen LogP contribution in [0.15, 0.2) is 66.4 Å². The predicted molar refractivity (Wildman–Crippen MR) is 102 cm³/mol. The first kappa shape index (κ1) is 20.6. The minimum Gasteiger partial charge on any atom is -0.465 e. The number of ketones is 1. The van der Waals surface area contributed by atoms with Gasteiger partial charge >= 0.3 is 12.1 Å². The summed E-state index contributed by atoms with van der Waals surface area (Å²) in [6.07, 6.45) is -2.73. The first-order valence-corrected chi connectivity index (χ1v) is 9.20. The van der Waals surface area contributed by atoms with Crippen LogP contribution in [0.25, 0.3) is 0 Å². The summed E-state index contributed by atoms with van der Waals surface area (Å²) in [4.78, 5) is 25.1. The molecule has 2 aromatic carbocycles. The van der Waals surface area contributed by atoms with Crippen molar-refractivity contribution in [3.05, 3.63) is 77.5 Å². The number of anilines is 1. The summed E-state index contributed by atoms with van der Waals surface area (Å²) >= 11 is 0. The first-order chi connectivity index (χ1) is 13.8. The zero-order valence-corrected chi connectivity index (χ0v) is 15.7. The maximum Gasteiger partial charge on any atom is 0.416 e. The zero-order chi connectivity index (χ0) is 21.0. The molecule has 29 heavy (non-hydrogen) atoms. The maximum absolute atomic E-state index is 12.7. The molecule has 1 aliphatic carbocycles. The predicted octanol–water partition coefficient (Wildman–Crippen LogP) is 4.94. The SMILES string of the molecule is CCOC(=O)[C@H]1C(=O)C=C(Nc2ccc(C(F)(F)F)cc2)C[C@@H]1c1ccccc1. The summed E-state index contributed by atoms with van der Waals surface area (Å²) in [6, 6.07) is 13.7. The number of ether oxygens (including phenoxy) is 1. The lowest BCUT2D eigenvalue weighted by atomic mass is 9.76. The molecule has 1 aliphatic rings. The smallest absolute Gasteiger partial charge is 0.416 e. The highest BCUT2D eigenvalue weighted by Crippen LogP contribution is 2.37. The number of rotatable bonds is 5. The van der Waals surface area contributed by atoms with Crippen molar-refractivity contribution in [2.24, 2.45) is 5.92 Å². The molecular weight excluding hydrogens is 383 g/mol. The van der Waals surface area contributed by atoms with Crippen molar-refractivity contribution >= 4 is 17.4 Å². The topological polar surface area (TPSA) is 55.4 Å². The van der Waals surface area contributed by atoms with Crippen LogP contribution in [0.2, 0.25) is 0 Å². The summed E-state index contributed by atoms with van der Waals surface area (Å²) in [5.74, 6) is -2.34. The van der Waals surface area contributed by atoms with Crippen LogP contribution >= 0.6 is 0 Å². The van der Waals surface area contributed by atoms with Gasteiger partial charge in [0.15, 0.2) is 5.78 Å². The molecule has 0 amide bonds. The first-order valence-electron chi connectivity index (χ1n) is 9.20. The number of nitrogens with one attached hydrogen (secondary N) is 1. The molecule has 2 aromatic rings. The number of esters is 1. The van der Waals surface area contributed by atoms with Crippen molar-refractivity contribution in [3.63, 3.8) is 0 Å². The Hall–Kier alpha value is -3.09. The number of allylic oxidation sites excluding steroid dienone is 2. The van der Waals surface area contributed by atoms with E-state index in [0.717, 1.165) is 17.7 Å². The van der Waals surface area contributed by atoms with Gasteiger partial charge in [-0.05, 0) is 43.2 Å². The molecule has 0 bridgehead atoms. The van der Waals surface area contributed by atoms with Crippen molar-refractivity contribution in [3.8, 4) is 0 Å². The number of hydrogen-bond donors (Lipinski definition) is 1. The number of benzene rings is 2. The van der Waals surface area contributed by atoms with Gasteiger partial charge < -0.3 is 10.1 Å². The van der Waals surface area contributed by atoms with Gasteiger partial charge in [-0.25, -0.2) is 0 Å². The van der Waals surface area contributed by atoms with Crippen molar-refractivity contribution in [2.75, 3.05) is 11.9 Å². The van der Waals surface area contributed by atoms with E-state index in [0.29, 0.717) is 17.8 Å². The second-order valence-corrected chi connectivity index (χ2v) is 6.72. The van der Waals surface area contributed by atoms with Crippen LogP contribution in [0.1, 0.15) is 30.4 Å². The van der Waals surface area contributed by atoms with Crippen LogP contribution in [-0.4, -0.2) is 18.4 Å². The Morgan fingerprint density at radius 3 is 2.34 bits per heavy atom. The van der Waals surface area contributed by atoms with Crippen molar-refractivity contribution in [2.45, 2.75) is 25.4 Å². The van der Waals surface area contributed by atoms with E-state index in [1.54, 1.807) is 6.92 Å². The quantitative estimate of drug-likeness (QED) is 0.568. The number of hydrogen-bond acceptors (Lipinski definition) is 4. The highest BCUT2D eigenvalue weighted by atomic mass is 19.4. The monoisotopic (exact) mass is 403 g/mol. The Morgan fingerprint density at radius 2 is 1.76 bits per heavy atom.